The van der Waals surface area contributed by atoms with Gasteiger partial charge in [0, 0.05) is 32.4 Å². The van der Waals surface area contributed by atoms with Crippen molar-refractivity contribution >= 4 is 11.7 Å². The van der Waals surface area contributed by atoms with Crippen LogP contribution in [0.4, 0.5) is 5.82 Å². The van der Waals surface area contributed by atoms with Crippen molar-refractivity contribution in [3.63, 3.8) is 0 Å². The van der Waals surface area contributed by atoms with Gasteiger partial charge in [-0.1, -0.05) is 0 Å². The summed E-state index contributed by atoms with van der Waals surface area (Å²) in [6.07, 6.45) is 3.57. The third-order valence-electron chi connectivity index (χ3n) is 4.32. The molecule has 1 aliphatic heterocycles. The molecular weight excluding hydrogens is 292 g/mol. The molecule has 7 heteroatoms. The molecule has 1 fully saturated rings. The van der Waals surface area contributed by atoms with Gasteiger partial charge in [0.2, 0.25) is 0 Å². The summed E-state index contributed by atoms with van der Waals surface area (Å²) in [5.74, 6) is 0.817. The van der Waals surface area contributed by atoms with Crippen LogP contribution >= 0.6 is 0 Å². The Morgan fingerprint density at radius 1 is 1.26 bits per heavy atom. The van der Waals surface area contributed by atoms with E-state index in [4.69, 9.17) is 0 Å². The Balaban J connectivity index is 1.56. The van der Waals surface area contributed by atoms with Gasteiger partial charge in [0.25, 0.3) is 5.91 Å². The Morgan fingerprint density at radius 2 is 2.00 bits per heavy atom. The number of aromatic nitrogens is 4. The molecule has 7 nitrogen and oxygen atoms in total. The van der Waals surface area contributed by atoms with Crippen LogP contribution in [0.1, 0.15) is 34.6 Å². The number of amides is 1. The molecule has 1 amide bonds. The van der Waals surface area contributed by atoms with Crippen molar-refractivity contribution in [3.05, 3.63) is 35.3 Å². The van der Waals surface area contributed by atoms with E-state index in [1.165, 1.54) is 0 Å². The van der Waals surface area contributed by atoms with Crippen LogP contribution in [0.15, 0.2) is 18.3 Å². The van der Waals surface area contributed by atoms with Crippen molar-refractivity contribution in [3.8, 4) is 0 Å². The Morgan fingerprint density at radius 3 is 2.61 bits per heavy atom. The number of anilines is 1. The SMILES string of the molecule is Cc1cc(N2CCC(NC(=O)c3ccn(C)n3)CC2)nnc1C. The molecule has 122 valence electrons. The van der Waals surface area contributed by atoms with Gasteiger partial charge in [-0.2, -0.15) is 10.2 Å². The zero-order valence-corrected chi connectivity index (χ0v) is 13.8. The molecule has 2 aromatic rings. The van der Waals surface area contributed by atoms with Crippen molar-refractivity contribution < 1.29 is 4.79 Å². The Hall–Kier alpha value is -2.44. The average molecular weight is 314 g/mol. The first-order chi connectivity index (χ1) is 11.0. The van der Waals surface area contributed by atoms with Crippen LogP contribution in [0.3, 0.4) is 0 Å². The van der Waals surface area contributed by atoms with Gasteiger partial charge >= 0.3 is 0 Å². The molecule has 1 aliphatic rings. The number of piperidine rings is 1. The quantitative estimate of drug-likeness (QED) is 0.922. The second-order valence-electron chi connectivity index (χ2n) is 6.08. The maximum atomic E-state index is 12.1. The number of nitrogens with zero attached hydrogens (tertiary/aromatic N) is 5. The van der Waals surface area contributed by atoms with Crippen molar-refractivity contribution in [2.24, 2.45) is 7.05 Å². The van der Waals surface area contributed by atoms with Gasteiger partial charge in [0.1, 0.15) is 5.69 Å². The van der Waals surface area contributed by atoms with E-state index in [0.717, 1.165) is 43.0 Å². The van der Waals surface area contributed by atoms with E-state index in [0.29, 0.717) is 5.69 Å². The molecule has 0 aromatic carbocycles. The van der Waals surface area contributed by atoms with E-state index in [9.17, 15) is 4.79 Å². The van der Waals surface area contributed by atoms with Gasteiger partial charge < -0.3 is 10.2 Å². The van der Waals surface area contributed by atoms with Gasteiger partial charge in [-0.3, -0.25) is 9.48 Å². The van der Waals surface area contributed by atoms with Crippen LogP contribution < -0.4 is 10.2 Å². The molecule has 1 N–H and O–H groups in total. The molecule has 23 heavy (non-hydrogen) atoms. The van der Waals surface area contributed by atoms with Gasteiger partial charge in [-0.15, -0.1) is 5.10 Å². The van der Waals surface area contributed by atoms with Crippen molar-refractivity contribution in [2.75, 3.05) is 18.0 Å². The Bertz CT molecular complexity index is 702. The van der Waals surface area contributed by atoms with E-state index in [1.807, 2.05) is 13.8 Å². The van der Waals surface area contributed by atoms with Gasteiger partial charge in [-0.25, -0.2) is 0 Å². The summed E-state index contributed by atoms with van der Waals surface area (Å²) in [5, 5.41) is 15.7. The van der Waals surface area contributed by atoms with Gasteiger partial charge in [0.15, 0.2) is 5.82 Å². The largest absolute Gasteiger partial charge is 0.355 e. The van der Waals surface area contributed by atoms with Crippen molar-refractivity contribution in [1.29, 1.82) is 0 Å². The first-order valence-electron chi connectivity index (χ1n) is 7.89. The second kappa shape index (κ2) is 6.36. The lowest BCUT2D eigenvalue weighted by molar-refractivity contribution is 0.0925. The minimum absolute atomic E-state index is 0.102. The van der Waals surface area contributed by atoms with E-state index in [1.54, 1.807) is 24.0 Å². The smallest absolute Gasteiger partial charge is 0.271 e. The number of hydrogen-bond donors (Lipinski definition) is 1. The van der Waals surface area contributed by atoms with Crippen molar-refractivity contribution in [2.45, 2.75) is 32.7 Å². The third kappa shape index (κ3) is 3.49. The molecule has 3 heterocycles. The van der Waals surface area contributed by atoms with Crippen LogP contribution in [-0.4, -0.2) is 45.0 Å². The monoisotopic (exact) mass is 314 g/mol. The minimum atomic E-state index is -0.102. The Kier molecular flexibility index (Phi) is 4.27. The fraction of sp³-hybridized carbons (Fsp3) is 0.500. The molecule has 0 bridgehead atoms. The first kappa shape index (κ1) is 15.5. The van der Waals surface area contributed by atoms with E-state index >= 15 is 0 Å². The maximum absolute atomic E-state index is 12.1. The molecule has 0 spiro atoms. The number of nitrogens with one attached hydrogen (secondary N) is 1. The molecule has 0 aliphatic carbocycles. The van der Waals surface area contributed by atoms with Gasteiger partial charge in [-0.05, 0) is 44.4 Å². The van der Waals surface area contributed by atoms with Crippen LogP contribution in [0, 0.1) is 13.8 Å². The summed E-state index contributed by atoms with van der Waals surface area (Å²) in [6, 6.07) is 3.99. The lowest BCUT2D eigenvalue weighted by Gasteiger charge is -2.32. The normalized spacial score (nSPS) is 15.7. The molecule has 1 saturated heterocycles. The summed E-state index contributed by atoms with van der Waals surface area (Å²) < 4.78 is 1.63. The topological polar surface area (TPSA) is 75.9 Å². The molecule has 0 atom stereocenters. The average Bonchev–Trinajstić information content (AvgIpc) is 2.97. The molecule has 0 unspecified atom stereocenters. The highest BCUT2D eigenvalue weighted by Gasteiger charge is 2.23. The maximum Gasteiger partial charge on any atom is 0.271 e. The number of carbonyl (C=O) groups excluding carboxylic acids is 1. The lowest BCUT2D eigenvalue weighted by atomic mass is 10.0. The predicted octanol–water partition coefficient (Wildman–Crippen LogP) is 1.23. The molecule has 0 saturated carbocycles. The van der Waals surface area contributed by atoms with Crippen LogP contribution in [-0.2, 0) is 7.05 Å². The molecule has 2 aromatic heterocycles. The second-order valence-corrected chi connectivity index (χ2v) is 6.08. The van der Waals surface area contributed by atoms with Crippen LogP contribution in [0.25, 0.3) is 0 Å². The van der Waals surface area contributed by atoms with Crippen molar-refractivity contribution in [1.82, 2.24) is 25.3 Å². The summed E-state index contributed by atoms with van der Waals surface area (Å²) in [6.45, 7) is 5.74. The minimum Gasteiger partial charge on any atom is -0.355 e. The third-order valence-corrected chi connectivity index (χ3v) is 4.32. The van der Waals surface area contributed by atoms with E-state index in [-0.39, 0.29) is 11.9 Å². The van der Waals surface area contributed by atoms with Gasteiger partial charge in [0.05, 0.1) is 5.69 Å². The number of carbonyl (C=O) groups is 1. The predicted molar refractivity (Wildman–Crippen MR) is 87.4 cm³/mol. The molecular formula is C16H22N6O. The lowest BCUT2D eigenvalue weighted by Crippen LogP contribution is -2.45. The highest BCUT2D eigenvalue weighted by molar-refractivity contribution is 5.92. The zero-order chi connectivity index (χ0) is 16.4. The molecule has 3 rings (SSSR count). The Labute approximate surface area is 135 Å². The standard InChI is InChI=1S/C16H22N6O/c1-11-10-15(19-18-12(11)2)22-8-4-13(5-9-22)17-16(23)14-6-7-21(3)20-14/h6-7,10,13H,4-5,8-9H2,1-3H3,(H,17,23). The summed E-state index contributed by atoms with van der Waals surface area (Å²) in [7, 11) is 1.81. The van der Waals surface area contributed by atoms with Crippen LogP contribution in [0.2, 0.25) is 0 Å². The number of hydrogen-bond acceptors (Lipinski definition) is 5. The van der Waals surface area contributed by atoms with E-state index < -0.39 is 0 Å². The van der Waals surface area contributed by atoms with E-state index in [2.05, 4.69) is 31.6 Å². The number of rotatable bonds is 3. The summed E-state index contributed by atoms with van der Waals surface area (Å²) in [5.41, 5.74) is 2.58. The highest BCUT2D eigenvalue weighted by atomic mass is 16.2. The molecule has 0 radical (unpaired) electrons. The fourth-order valence-electron chi connectivity index (χ4n) is 2.74. The van der Waals surface area contributed by atoms with Crippen LogP contribution in [0.5, 0.6) is 0 Å². The number of aryl methyl sites for hydroxylation is 3. The fourth-order valence-corrected chi connectivity index (χ4v) is 2.74. The zero-order valence-electron chi connectivity index (χ0n) is 13.8. The first-order valence-corrected chi connectivity index (χ1v) is 7.89. The highest BCUT2D eigenvalue weighted by Crippen LogP contribution is 2.19. The summed E-state index contributed by atoms with van der Waals surface area (Å²) in [4.78, 5) is 14.4. The summed E-state index contributed by atoms with van der Waals surface area (Å²) >= 11 is 0.